The highest BCUT2D eigenvalue weighted by molar-refractivity contribution is 7.89. The van der Waals surface area contributed by atoms with Crippen LogP contribution >= 0.6 is 0 Å². The highest BCUT2D eigenvalue weighted by Crippen LogP contribution is 2.43. The van der Waals surface area contributed by atoms with E-state index >= 15 is 0 Å². The molecule has 7 heteroatoms. The number of benzene rings is 1. The number of carboxylic acids is 1. The van der Waals surface area contributed by atoms with Gasteiger partial charge in [0.2, 0.25) is 10.0 Å². The molecule has 2 N–H and O–H groups in total. The Hall–Kier alpha value is -1.60. The first-order valence-corrected chi connectivity index (χ1v) is 10.3. The van der Waals surface area contributed by atoms with E-state index in [0.717, 1.165) is 16.9 Å². The Bertz CT molecular complexity index is 840. The SMILES string of the molecule is Cc1c(C)c(S(=O)(=O)N[C@@H](CC(C)C)C(=O)O)c(C)c2c1OC(C)(C)C2. The van der Waals surface area contributed by atoms with Gasteiger partial charge < -0.3 is 9.84 Å². The van der Waals surface area contributed by atoms with Gasteiger partial charge in [0.1, 0.15) is 17.4 Å². The summed E-state index contributed by atoms with van der Waals surface area (Å²) in [7, 11) is -3.98. The summed E-state index contributed by atoms with van der Waals surface area (Å²) >= 11 is 0. The molecule has 0 saturated heterocycles. The molecule has 2 rings (SSSR count). The van der Waals surface area contributed by atoms with Crippen LogP contribution in [0.4, 0.5) is 0 Å². The maximum absolute atomic E-state index is 13.1. The minimum atomic E-state index is -3.98. The van der Waals surface area contributed by atoms with Crippen molar-refractivity contribution in [1.82, 2.24) is 4.72 Å². The number of ether oxygens (including phenoxy) is 1. The van der Waals surface area contributed by atoms with Gasteiger partial charge in [-0.05, 0) is 63.6 Å². The van der Waals surface area contributed by atoms with Crippen molar-refractivity contribution in [3.8, 4) is 5.75 Å². The highest BCUT2D eigenvalue weighted by Gasteiger charge is 2.37. The Morgan fingerprint density at radius 3 is 2.27 bits per heavy atom. The number of hydrogen-bond donors (Lipinski definition) is 2. The van der Waals surface area contributed by atoms with E-state index in [1.807, 2.05) is 34.6 Å². The van der Waals surface area contributed by atoms with Crippen LogP contribution in [0.25, 0.3) is 0 Å². The molecule has 146 valence electrons. The molecule has 1 aliphatic rings. The molecule has 0 aliphatic carbocycles. The first-order chi connectivity index (χ1) is 11.8. The zero-order chi connectivity index (χ0) is 20.0. The molecular weight excluding hydrogens is 354 g/mol. The molecule has 0 unspecified atom stereocenters. The quantitative estimate of drug-likeness (QED) is 0.787. The number of carboxylic acid groups (broad SMARTS) is 1. The van der Waals surface area contributed by atoms with Crippen molar-refractivity contribution in [2.45, 2.75) is 77.8 Å². The van der Waals surface area contributed by atoms with Crippen molar-refractivity contribution >= 4 is 16.0 Å². The average Bonchev–Trinajstić information content (AvgIpc) is 2.79. The zero-order valence-electron chi connectivity index (χ0n) is 16.6. The number of rotatable bonds is 6. The molecule has 1 aromatic rings. The van der Waals surface area contributed by atoms with Crippen molar-refractivity contribution in [3.05, 3.63) is 22.3 Å². The number of aliphatic carboxylic acids is 1. The summed E-state index contributed by atoms with van der Waals surface area (Å²) in [6.45, 7) is 13.0. The molecule has 1 aromatic carbocycles. The van der Waals surface area contributed by atoms with Gasteiger partial charge in [0.15, 0.2) is 0 Å². The molecule has 0 amide bonds. The Morgan fingerprint density at radius 1 is 1.19 bits per heavy atom. The molecular formula is C19H29NO5S. The fourth-order valence-corrected chi connectivity index (χ4v) is 5.34. The van der Waals surface area contributed by atoms with Gasteiger partial charge in [0, 0.05) is 12.0 Å². The predicted octanol–water partition coefficient (Wildman–Crippen LogP) is 3.10. The van der Waals surface area contributed by atoms with E-state index in [9.17, 15) is 18.3 Å². The van der Waals surface area contributed by atoms with Crippen LogP contribution in [0.5, 0.6) is 5.75 Å². The van der Waals surface area contributed by atoms with Crippen LogP contribution in [0.2, 0.25) is 0 Å². The lowest BCUT2D eigenvalue weighted by atomic mass is 9.94. The summed E-state index contributed by atoms with van der Waals surface area (Å²) in [6.07, 6.45) is 0.846. The van der Waals surface area contributed by atoms with Crippen LogP contribution in [0.15, 0.2) is 4.90 Å². The normalized spacial score (nSPS) is 17.1. The molecule has 0 spiro atoms. The van der Waals surface area contributed by atoms with Gasteiger partial charge in [0.25, 0.3) is 0 Å². The van der Waals surface area contributed by atoms with E-state index < -0.39 is 22.0 Å². The number of nitrogens with one attached hydrogen (secondary N) is 1. The predicted molar refractivity (Wildman–Crippen MR) is 100 cm³/mol. The lowest BCUT2D eigenvalue weighted by molar-refractivity contribution is -0.139. The molecule has 0 aromatic heterocycles. The minimum Gasteiger partial charge on any atom is -0.487 e. The fraction of sp³-hybridized carbons (Fsp3) is 0.632. The molecule has 1 aliphatic heterocycles. The first-order valence-electron chi connectivity index (χ1n) is 8.83. The van der Waals surface area contributed by atoms with Crippen LogP contribution in [0, 0.1) is 26.7 Å². The third kappa shape index (κ3) is 3.88. The minimum absolute atomic E-state index is 0.0527. The Morgan fingerprint density at radius 2 is 1.77 bits per heavy atom. The van der Waals surface area contributed by atoms with Crippen LogP contribution < -0.4 is 9.46 Å². The maximum atomic E-state index is 13.1. The topological polar surface area (TPSA) is 92.7 Å². The van der Waals surface area contributed by atoms with Gasteiger partial charge in [-0.25, -0.2) is 8.42 Å². The van der Waals surface area contributed by atoms with E-state index in [0.29, 0.717) is 17.5 Å². The summed E-state index contributed by atoms with van der Waals surface area (Å²) < 4.78 is 34.5. The van der Waals surface area contributed by atoms with Gasteiger partial charge in [-0.2, -0.15) is 4.72 Å². The standard InChI is InChI=1S/C19H29NO5S/c1-10(2)8-15(18(21)22)20-26(23,24)17-12(4)11(3)16-14(13(17)5)9-19(6,7)25-16/h10,15,20H,8-9H2,1-7H3,(H,21,22)/t15-/m0/s1. The zero-order valence-corrected chi connectivity index (χ0v) is 17.4. The number of fused-ring (bicyclic) bond motifs is 1. The molecule has 0 fully saturated rings. The monoisotopic (exact) mass is 383 g/mol. The summed E-state index contributed by atoms with van der Waals surface area (Å²) in [5, 5.41) is 9.40. The Kier molecular flexibility index (Phi) is 5.46. The smallest absolute Gasteiger partial charge is 0.321 e. The average molecular weight is 384 g/mol. The third-order valence-corrected chi connectivity index (χ3v) is 6.61. The van der Waals surface area contributed by atoms with Crippen LogP contribution in [-0.2, 0) is 21.2 Å². The molecule has 1 atom stereocenters. The van der Waals surface area contributed by atoms with Gasteiger partial charge in [0.05, 0.1) is 4.90 Å². The number of hydrogen-bond acceptors (Lipinski definition) is 4. The van der Waals surface area contributed by atoms with Crippen molar-refractivity contribution in [2.24, 2.45) is 5.92 Å². The molecule has 26 heavy (non-hydrogen) atoms. The number of carbonyl (C=O) groups is 1. The molecule has 6 nitrogen and oxygen atoms in total. The van der Waals surface area contributed by atoms with Crippen LogP contribution in [-0.4, -0.2) is 31.1 Å². The summed E-state index contributed by atoms with van der Waals surface area (Å²) in [5.41, 5.74) is 2.51. The lowest BCUT2D eigenvalue weighted by Gasteiger charge is -2.21. The Labute approximate surface area is 156 Å². The van der Waals surface area contributed by atoms with E-state index in [2.05, 4.69) is 4.72 Å². The van der Waals surface area contributed by atoms with E-state index in [-0.39, 0.29) is 22.8 Å². The lowest BCUT2D eigenvalue weighted by Crippen LogP contribution is -2.42. The van der Waals surface area contributed by atoms with Gasteiger partial charge in [-0.15, -0.1) is 0 Å². The van der Waals surface area contributed by atoms with Crippen molar-refractivity contribution in [2.75, 3.05) is 0 Å². The number of sulfonamides is 1. The second kappa shape index (κ2) is 6.85. The van der Waals surface area contributed by atoms with Crippen LogP contribution in [0.1, 0.15) is 56.4 Å². The second-order valence-corrected chi connectivity index (χ2v) is 9.84. The highest BCUT2D eigenvalue weighted by atomic mass is 32.2. The van der Waals surface area contributed by atoms with Gasteiger partial charge >= 0.3 is 5.97 Å². The fourth-order valence-electron chi connectivity index (χ4n) is 3.56. The molecule has 0 bridgehead atoms. The first kappa shape index (κ1) is 20.7. The van der Waals surface area contributed by atoms with E-state index in [1.54, 1.807) is 13.8 Å². The van der Waals surface area contributed by atoms with Gasteiger partial charge in [-0.1, -0.05) is 13.8 Å². The van der Waals surface area contributed by atoms with E-state index in [4.69, 9.17) is 4.74 Å². The maximum Gasteiger partial charge on any atom is 0.321 e. The molecule has 0 radical (unpaired) electrons. The van der Waals surface area contributed by atoms with Crippen molar-refractivity contribution in [3.63, 3.8) is 0 Å². The molecule has 1 heterocycles. The summed E-state index contributed by atoms with van der Waals surface area (Å²) in [5.74, 6) is -0.363. The summed E-state index contributed by atoms with van der Waals surface area (Å²) in [4.78, 5) is 11.7. The van der Waals surface area contributed by atoms with E-state index in [1.165, 1.54) is 0 Å². The van der Waals surface area contributed by atoms with Crippen molar-refractivity contribution < 1.29 is 23.1 Å². The molecule has 0 saturated carbocycles. The van der Waals surface area contributed by atoms with Gasteiger partial charge in [-0.3, -0.25) is 4.79 Å². The Balaban J connectivity index is 2.55. The van der Waals surface area contributed by atoms with Crippen LogP contribution in [0.3, 0.4) is 0 Å². The summed E-state index contributed by atoms with van der Waals surface area (Å²) in [6, 6.07) is -1.15. The third-order valence-electron chi connectivity index (χ3n) is 4.86. The van der Waals surface area contributed by atoms with Crippen molar-refractivity contribution in [1.29, 1.82) is 0 Å². The second-order valence-electron chi connectivity index (χ2n) is 8.19. The largest absolute Gasteiger partial charge is 0.487 e.